The second-order valence-corrected chi connectivity index (χ2v) is 4.10. The van der Waals surface area contributed by atoms with Crippen molar-refractivity contribution in [1.29, 1.82) is 0 Å². The number of hydrogen-bond acceptors (Lipinski definition) is 3. The lowest BCUT2D eigenvalue weighted by Crippen LogP contribution is -2.01. The van der Waals surface area contributed by atoms with Crippen molar-refractivity contribution < 1.29 is 13.6 Å². The molecule has 0 unspecified atom stereocenters. The Morgan fingerprint density at radius 3 is 2.47 bits per heavy atom. The van der Waals surface area contributed by atoms with Crippen molar-refractivity contribution in [2.24, 2.45) is 0 Å². The Morgan fingerprint density at radius 2 is 2.00 bits per heavy atom. The molecule has 78 valence electrons. The van der Waals surface area contributed by atoms with Crippen molar-refractivity contribution in [2.75, 3.05) is 0 Å². The van der Waals surface area contributed by atoms with E-state index in [1.165, 1.54) is 6.26 Å². The number of hydrogen-bond donors (Lipinski definition) is 0. The van der Waals surface area contributed by atoms with Gasteiger partial charge in [0.15, 0.2) is 10.5 Å². The van der Waals surface area contributed by atoms with Crippen LogP contribution in [0.25, 0.3) is 0 Å². The lowest BCUT2D eigenvalue weighted by atomic mass is 10.0. The van der Waals surface area contributed by atoms with E-state index in [-0.39, 0.29) is 5.78 Å². The first-order chi connectivity index (χ1) is 7.09. The van der Waals surface area contributed by atoms with Crippen LogP contribution in [-0.4, -0.2) is 5.78 Å². The zero-order chi connectivity index (χ0) is 11.0. The highest BCUT2D eigenvalue weighted by Gasteiger charge is 2.18. The Bertz CT molecular complexity index is 508. The number of carbonyl (C=O) groups is 1. The summed E-state index contributed by atoms with van der Waals surface area (Å²) < 4.78 is 10.8. The number of rotatable bonds is 2. The number of aryl methyl sites for hydroxylation is 2. The number of ketones is 1. The molecule has 2 aromatic rings. The normalized spacial score (nSPS) is 10.6. The Hall–Kier alpha value is -1.29. The van der Waals surface area contributed by atoms with Crippen LogP contribution in [0.15, 0.2) is 32.1 Å². The summed E-state index contributed by atoms with van der Waals surface area (Å²) >= 11 is 3.19. The van der Waals surface area contributed by atoms with Gasteiger partial charge in [-0.3, -0.25) is 4.79 Å². The van der Waals surface area contributed by atoms with Crippen molar-refractivity contribution in [3.63, 3.8) is 0 Å². The first kappa shape index (κ1) is 10.2. The Morgan fingerprint density at radius 1 is 1.27 bits per heavy atom. The topological polar surface area (TPSA) is 43.4 Å². The minimum Gasteiger partial charge on any atom is -0.472 e. The minimum absolute atomic E-state index is 0.0757. The van der Waals surface area contributed by atoms with Gasteiger partial charge in [0.2, 0.25) is 0 Å². The lowest BCUT2D eigenvalue weighted by Gasteiger charge is -1.95. The molecule has 15 heavy (non-hydrogen) atoms. The summed E-state index contributed by atoms with van der Waals surface area (Å²) in [5, 5.41) is 0. The summed E-state index contributed by atoms with van der Waals surface area (Å²) in [6.45, 7) is 3.59. The van der Waals surface area contributed by atoms with Gasteiger partial charge in [-0.05, 0) is 35.3 Å². The van der Waals surface area contributed by atoms with E-state index in [0.717, 1.165) is 5.56 Å². The van der Waals surface area contributed by atoms with Crippen LogP contribution in [0.3, 0.4) is 0 Å². The highest BCUT2D eigenvalue weighted by molar-refractivity contribution is 9.10. The summed E-state index contributed by atoms with van der Waals surface area (Å²) in [5.74, 6) is 0.528. The predicted molar refractivity (Wildman–Crippen MR) is 58.0 cm³/mol. The molecule has 0 bridgehead atoms. The predicted octanol–water partition coefficient (Wildman–Crippen LogP) is 3.48. The van der Waals surface area contributed by atoms with Gasteiger partial charge in [-0.1, -0.05) is 0 Å². The van der Waals surface area contributed by atoms with Crippen LogP contribution in [0, 0.1) is 13.8 Å². The third-order valence-corrected chi connectivity index (χ3v) is 2.62. The van der Waals surface area contributed by atoms with Crippen molar-refractivity contribution in [3.8, 4) is 0 Å². The summed E-state index contributed by atoms with van der Waals surface area (Å²) in [6, 6.07) is 1.67. The molecule has 0 atom stereocenters. The maximum atomic E-state index is 12.0. The fourth-order valence-corrected chi connectivity index (χ4v) is 1.88. The summed E-state index contributed by atoms with van der Waals surface area (Å²) in [7, 11) is 0. The standard InChI is InChI=1S/C11H9BrO3/c1-6-4-14-5-9(6)11(13)8-3-10(12)15-7(8)2/h3-5H,1-2H3. The Balaban J connectivity index is 2.45. The molecule has 3 nitrogen and oxygen atoms in total. The molecule has 2 rings (SSSR count). The van der Waals surface area contributed by atoms with E-state index in [4.69, 9.17) is 8.83 Å². The molecule has 0 saturated carbocycles. The van der Waals surface area contributed by atoms with Crippen molar-refractivity contribution in [3.05, 3.63) is 45.7 Å². The van der Waals surface area contributed by atoms with Crippen LogP contribution in [0.1, 0.15) is 27.2 Å². The molecule has 2 aromatic heterocycles. The van der Waals surface area contributed by atoms with Gasteiger partial charge in [0.25, 0.3) is 0 Å². The maximum Gasteiger partial charge on any atom is 0.200 e. The van der Waals surface area contributed by atoms with E-state index < -0.39 is 0 Å². The zero-order valence-corrected chi connectivity index (χ0v) is 9.92. The van der Waals surface area contributed by atoms with Gasteiger partial charge in [-0.2, -0.15) is 0 Å². The van der Waals surface area contributed by atoms with Crippen LogP contribution in [0.5, 0.6) is 0 Å². The third kappa shape index (κ3) is 1.77. The van der Waals surface area contributed by atoms with Gasteiger partial charge < -0.3 is 8.83 Å². The smallest absolute Gasteiger partial charge is 0.200 e. The van der Waals surface area contributed by atoms with Gasteiger partial charge in [-0.25, -0.2) is 0 Å². The van der Waals surface area contributed by atoms with Gasteiger partial charge in [-0.15, -0.1) is 0 Å². The fourth-order valence-electron chi connectivity index (χ4n) is 1.41. The fraction of sp³-hybridized carbons (Fsp3) is 0.182. The largest absolute Gasteiger partial charge is 0.472 e. The van der Waals surface area contributed by atoms with Crippen LogP contribution in [-0.2, 0) is 0 Å². The highest BCUT2D eigenvalue weighted by Crippen LogP contribution is 2.23. The van der Waals surface area contributed by atoms with E-state index >= 15 is 0 Å². The summed E-state index contributed by atoms with van der Waals surface area (Å²) in [4.78, 5) is 12.0. The summed E-state index contributed by atoms with van der Waals surface area (Å²) in [6.07, 6.45) is 3.01. The second kappa shape index (κ2) is 3.70. The number of furan rings is 2. The molecule has 0 amide bonds. The lowest BCUT2D eigenvalue weighted by molar-refractivity contribution is 0.103. The Labute approximate surface area is 95.2 Å². The molecule has 2 heterocycles. The average molecular weight is 269 g/mol. The van der Waals surface area contributed by atoms with Crippen LogP contribution < -0.4 is 0 Å². The van der Waals surface area contributed by atoms with E-state index in [0.29, 0.717) is 21.6 Å². The van der Waals surface area contributed by atoms with Crippen molar-refractivity contribution >= 4 is 21.7 Å². The molecule has 0 radical (unpaired) electrons. The van der Waals surface area contributed by atoms with Gasteiger partial charge >= 0.3 is 0 Å². The first-order valence-corrected chi connectivity index (χ1v) is 5.22. The van der Waals surface area contributed by atoms with Crippen molar-refractivity contribution in [1.82, 2.24) is 0 Å². The molecule has 4 heteroatoms. The molecule has 0 fully saturated rings. The third-order valence-electron chi connectivity index (χ3n) is 2.23. The van der Waals surface area contributed by atoms with Crippen molar-refractivity contribution in [2.45, 2.75) is 13.8 Å². The van der Waals surface area contributed by atoms with Crippen LogP contribution in [0.2, 0.25) is 0 Å². The molecule has 0 aliphatic heterocycles. The van der Waals surface area contributed by atoms with E-state index in [9.17, 15) is 4.79 Å². The molecule has 0 aliphatic carbocycles. The van der Waals surface area contributed by atoms with E-state index in [1.54, 1.807) is 19.3 Å². The van der Waals surface area contributed by atoms with Crippen LogP contribution in [0.4, 0.5) is 0 Å². The maximum absolute atomic E-state index is 12.0. The molecule has 0 spiro atoms. The van der Waals surface area contributed by atoms with Gasteiger partial charge in [0.05, 0.1) is 17.4 Å². The average Bonchev–Trinajstić information content (AvgIpc) is 2.71. The molecule has 0 aliphatic rings. The summed E-state index contributed by atoms with van der Waals surface area (Å²) in [5.41, 5.74) is 1.97. The minimum atomic E-state index is -0.0757. The Kier molecular flexibility index (Phi) is 2.52. The number of carbonyl (C=O) groups excluding carboxylic acids is 1. The zero-order valence-electron chi connectivity index (χ0n) is 8.33. The van der Waals surface area contributed by atoms with Crippen LogP contribution >= 0.6 is 15.9 Å². The first-order valence-electron chi connectivity index (χ1n) is 4.43. The molecule has 0 N–H and O–H groups in total. The highest BCUT2D eigenvalue weighted by atomic mass is 79.9. The monoisotopic (exact) mass is 268 g/mol. The second-order valence-electron chi connectivity index (χ2n) is 3.32. The van der Waals surface area contributed by atoms with E-state index in [2.05, 4.69) is 15.9 Å². The molecule has 0 aromatic carbocycles. The van der Waals surface area contributed by atoms with Gasteiger partial charge in [0.1, 0.15) is 12.0 Å². The SMILES string of the molecule is Cc1cocc1C(=O)c1cc(Br)oc1C. The molecular formula is C11H9BrO3. The van der Waals surface area contributed by atoms with Gasteiger partial charge in [0, 0.05) is 6.07 Å². The molecular weight excluding hydrogens is 260 g/mol. The van der Waals surface area contributed by atoms with E-state index in [1.807, 2.05) is 6.92 Å². The number of halogens is 1. The molecule has 0 saturated heterocycles. The quantitative estimate of drug-likeness (QED) is 0.784.